The van der Waals surface area contributed by atoms with Gasteiger partial charge >= 0.3 is 0 Å². The third-order valence-corrected chi connectivity index (χ3v) is 3.20. The molecule has 0 unspecified atom stereocenters. The van der Waals surface area contributed by atoms with Gasteiger partial charge in [-0.05, 0) is 6.42 Å². The van der Waals surface area contributed by atoms with E-state index in [1.54, 1.807) is 6.92 Å². The number of hydrogen-bond acceptors (Lipinski definition) is 2. The molecular formula is C10H19NO2. The maximum atomic E-state index is 10.6. The van der Waals surface area contributed by atoms with Crippen molar-refractivity contribution < 1.29 is 4.92 Å². The van der Waals surface area contributed by atoms with Crippen LogP contribution < -0.4 is 0 Å². The minimum absolute atomic E-state index is 0.0997. The molecule has 0 N–H and O–H groups in total. The van der Waals surface area contributed by atoms with Crippen molar-refractivity contribution in [1.82, 2.24) is 0 Å². The molecule has 0 aromatic carbocycles. The second kappa shape index (κ2) is 4.07. The monoisotopic (exact) mass is 185 g/mol. The molecule has 0 amide bonds. The van der Waals surface area contributed by atoms with E-state index in [0.29, 0.717) is 5.92 Å². The van der Waals surface area contributed by atoms with E-state index in [1.807, 2.05) is 0 Å². The zero-order chi connectivity index (χ0) is 9.90. The summed E-state index contributed by atoms with van der Waals surface area (Å²) in [4.78, 5) is 10.5. The first-order valence-corrected chi connectivity index (χ1v) is 5.25. The molecule has 3 heteroatoms. The summed E-state index contributed by atoms with van der Waals surface area (Å²) >= 11 is 0. The van der Waals surface area contributed by atoms with Gasteiger partial charge < -0.3 is 0 Å². The predicted molar refractivity (Wildman–Crippen MR) is 52.3 cm³/mol. The molecule has 1 aliphatic rings. The first-order chi connectivity index (χ1) is 6.11. The Kier molecular flexibility index (Phi) is 3.28. The molecule has 0 aliphatic heterocycles. The molecular weight excluding hydrogens is 166 g/mol. The maximum Gasteiger partial charge on any atom is 0.223 e. The highest BCUT2D eigenvalue weighted by Gasteiger charge is 2.61. The van der Waals surface area contributed by atoms with Crippen molar-refractivity contribution >= 4 is 0 Å². The van der Waals surface area contributed by atoms with Crippen molar-refractivity contribution in [2.45, 2.75) is 57.9 Å². The molecule has 0 radical (unpaired) electrons. The van der Waals surface area contributed by atoms with E-state index < -0.39 is 5.54 Å². The summed E-state index contributed by atoms with van der Waals surface area (Å²) in [5, 5.41) is 10.6. The minimum atomic E-state index is -0.563. The second-order valence-electron chi connectivity index (χ2n) is 4.36. The summed E-state index contributed by atoms with van der Waals surface area (Å²) in [7, 11) is 0. The van der Waals surface area contributed by atoms with Crippen molar-refractivity contribution in [3.8, 4) is 0 Å². The normalized spacial score (nSPS) is 31.7. The Labute approximate surface area is 79.7 Å². The van der Waals surface area contributed by atoms with E-state index in [1.165, 1.54) is 25.7 Å². The van der Waals surface area contributed by atoms with Crippen molar-refractivity contribution in [1.29, 1.82) is 0 Å². The zero-order valence-electron chi connectivity index (χ0n) is 8.58. The van der Waals surface area contributed by atoms with E-state index in [0.717, 1.165) is 12.8 Å². The van der Waals surface area contributed by atoms with Crippen LogP contribution in [0.2, 0.25) is 0 Å². The Morgan fingerprint density at radius 1 is 1.46 bits per heavy atom. The summed E-state index contributed by atoms with van der Waals surface area (Å²) in [5.41, 5.74) is -0.563. The van der Waals surface area contributed by atoms with Crippen molar-refractivity contribution in [2.24, 2.45) is 5.92 Å². The molecule has 1 fully saturated rings. The van der Waals surface area contributed by atoms with Crippen LogP contribution in [0.25, 0.3) is 0 Å². The third kappa shape index (κ3) is 2.42. The zero-order valence-corrected chi connectivity index (χ0v) is 8.58. The van der Waals surface area contributed by atoms with Gasteiger partial charge in [-0.3, -0.25) is 10.1 Å². The lowest BCUT2D eigenvalue weighted by Gasteiger charge is -2.02. The topological polar surface area (TPSA) is 43.1 Å². The summed E-state index contributed by atoms with van der Waals surface area (Å²) in [5.74, 6) is 0.361. The lowest BCUT2D eigenvalue weighted by atomic mass is 10.1. The smallest absolute Gasteiger partial charge is 0.223 e. The van der Waals surface area contributed by atoms with Crippen molar-refractivity contribution in [2.75, 3.05) is 0 Å². The molecule has 1 rings (SSSR count). The average Bonchev–Trinajstić information content (AvgIpc) is 2.73. The highest BCUT2D eigenvalue weighted by molar-refractivity contribution is 4.99. The number of nitrogens with zero attached hydrogens (tertiary/aromatic N) is 1. The predicted octanol–water partition coefficient (Wildman–Crippen LogP) is 3.01. The molecule has 0 saturated heterocycles. The fourth-order valence-electron chi connectivity index (χ4n) is 1.89. The first kappa shape index (κ1) is 10.5. The third-order valence-electron chi connectivity index (χ3n) is 3.20. The van der Waals surface area contributed by atoms with Crippen molar-refractivity contribution in [3.05, 3.63) is 10.1 Å². The fraction of sp³-hybridized carbons (Fsp3) is 1.00. The van der Waals surface area contributed by atoms with Crippen LogP contribution in [0.1, 0.15) is 52.4 Å². The van der Waals surface area contributed by atoms with Gasteiger partial charge in [0, 0.05) is 24.2 Å². The molecule has 0 heterocycles. The standard InChI is InChI=1S/C10H19NO2/c1-3-4-5-6-7-9-8-10(9,2)11(12)13/h9H,3-8H2,1-2H3/t9-,10-/m1/s1. The lowest BCUT2D eigenvalue weighted by molar-refractivity contribution is -0.537. The number of rotatable bonds is 6. The number of unbranched alkanes of at least 4 members (excludes halogenated alkanes) is 3. The van der Waals surface area contributed by atoms with Gasteiger partial charge in [0.2, 0.25) is 5.54 Å². The minimum Gasteiger partial charge on any atom is -0.264 e. The molecule has 1 saturated carbocycles. The highest BCUT2D eigenvalue weighted by Crippen LogP contribution is 2.48. The van der Waals surface area contributed by atoms with Crippen LogP contribution in [0, 0.1) is 16.0 Å². The van der Waals surface area contributed by atoms with Gasteiger partial charge in [-0.25, -0.2) is 0 Å². The van der Waals surface area contributed by atoms with Crippen molar-refractivity contribution in [3.63, 3.8) is 0 Å². The summed E-state index contributed by atoms with van der Waals surface area (Å²) in [6.45, 7) is 3.95. The van der Waals surface area contributed by atoms with E-state index >= 15 is 0 Å². The van der Waals surface area contributed by atoms with Gasteiger partial charge in [-0.15, -0.1) is 0 Å². The Hall–Kier alpha value is -0.600. The maximum absolute atomic E-state index is 10.6. The van der Waals surface area contributed by atoms with E-state index in [4.69, 9.17) is 0 Å². The van der Waals surface area contributed by atoms with E-state index in [9.17, 15) is 10.1 Å². The first-order valence-electron chi connectivity index (χ1n) is 5.25. The quantitative estimate of drug-likeness (QED) is 0.362. The second-order valence-corrected chi connectivity index (χ2v) is 4.36. The Balaban J connectivity index is 2.10. The van der Waals surface area contributed by atoms with Gasteiger partial charge in [0.25, 0.3) is 0 Å². The van der Waals surface area contributed by atoms with Crippen LogP contribution in [0.15, 0.2) is 0 Å². The number of hydrogen-bond donors (Lipinski definition) is 0. The Bertz CT molecular complexity index is 193. The summed E-state index contributed by atoms with van der Waals surface area (Å²) in [6.07, 6.45) is 6.76. The highest BCUT2D eigenvalue weighted by atomic mass is 16.6. The van der Waals surface area contributed by atoms with E-state index in [2.05, 4.69) is 6.92 Å². The summed E-state index contributed by atoms with van der Waals surface area (Å²) < 4.78 is 0. The molecule has 0 aromatic heterocycles. The molecule has 76 valence electrons. The van der Waals surface area contributed by atoms with Crippen LogP contribution in [-0.2, 0) is 0 Å². The van der Waals surface area contributed by atoms with Gasteiger partial charge in [0.15, 0.2) is 0 Å². The molecule has 0 aromatic rings. The Morgan fingerprint density at radius 3 is 2.62 bits per heavy atom. The summed E-state index contributed by atoms with van der Waals surface area (Å²) in [6, 6.07) is 0. The van der Waals surface area contributed by atoms with E-state index in [-0.39, 0.29) is 4.92 Å². The fourth-order valence-corrected chi connectivity index (χ4v) is 1.89. The van der Waals surface area contributed by atoms with Gasteiger partial charge in [-0.1, -0.05) is 32.6 Å². The van der Waals surface area contributed by atoms with Gasteiger partial charge in [0.1, 0.15) is 0 Å². The van der Waals surface area contributed by atoms with Crippen LogP contribution in [-0.4, -0.2) is 10.5 Å². The van der Waals surface area contributed by atoms with Crippen LogP contribution in [0.3, 0.4) is 0 Å². The largest absolute Gasteiger partial charge is 0.264 e. The van der Waals surface area contributed by atoms with Gasteiger partial charge in [-0.2, -0.15) is 0 Å². The molecule has 13 heavy (non-hydrogen) atoms. The molecule has 0 bridgehead atoms. The molecule has 3 nitrogen and oxygen atoms in total. The van der Waals surface area contributed by atoms with Gasteiger partial charge in [0.05, 0.1) is 0 Å². The SMILES string of the molecule is CCCCCC[C@@H]1C[C@@]1(C)[N+](=O)[O-]. The molecule has 0 spiro atoms. The molecule has 1 aliphatic carbocycles. The molecule has 2 atom stereocenters. The Morgan fingerprint density at radius 2 is 2.15 bits per heavy atom. The van der Waals surface area contributed by atoms with Crippen LogP contribution in [0.4, 0.5) is 0 Å². The number of nitro groups is 1. The van der Waals surface area contributed by atoms with Crippen LogP contribution in [0.5, 0.6) is 0 Å². The average molecular weight is 185 g/mol. The van der Waals surface area contributed by atoms with Crippen LogP contribution >= 0.6 is 0 Å². The lowest BCUT2D eigenvalue weighted by Crippen LogP contribution is -2.19.